The minimum absolute atomic E-state index is 0.253. The van der Waals surface area contributed by atoms with Gasteiger partial charge in [-0.15, -0.1) is 0 Å². The second-order valence-electron chi connectivity index (χ2n) is 7.06. The summed E-state index contributed by atoms with van der Waals surface area (Å²) in [6, 6.07) is 25.1. The van der Waals surface area contributed by atoms with E-state index in [1.54, 1.807) is 0 Å². The van der Waals surface area contributed by atoms with Crippen LogP contribution in [-0.2, 0) is 28.2 Å². The zero-order valence-corrected chi connectivity index (χ0v) is 18.6. The number of rotatable bonds is 7. The Morgan fingerprint density at radius 2 is 1.21 bits per heavy atom. The van der Waals surface area contributed by atoms with Gasteiger partial charge in [-0.3, -0.25) is 4.79 Å². The van der Waals surface area contributed by atoms with Gasteiger partial charge in [-0.25, -0.2) is 0 Å². The number of carbonyl (C=O) groups excluding carboxylic acids is 1. The van der Waals surface area contributed by atoms with Gasteiger partial charge in [0.25, 0.3) is 0 Å². The minimum atomic E-state index is -2.19. The van der Waals surface area contributed by atoms with Gasteiger partial charge in [0, 0.05) is 21.6 Å². The first kappa shape index (κ1) is 21.2. The lowest BCUT2D eigenvalue weighted by atomic mass is 10.0. The van der Waals surface area contributed by atoms with Gasteiger partial charge in [-0.2, -0.15) is 0 Å². The Hall–Kier alpha value is -2.52. The van der Waals surface area contributed by atoms with Crippen LogP contribution in [0.25, 0.3) is 0 Å². The summed E-state index contributed by atoms with van der Waals surface area (Å²) in [6.45, 7) is 8.08. The van der Waals surface area contributed by atoms with Crippen molar-refractivity contribution in [3.63, 3.8) is 0 Å². The van der Waals surface area contributed by atoms with E-state index in [4.69, 9.17) is 4.18 Å². The molecule has 3 heteroatoms. The molecule has 3 aromatic carbocycles. The molecule has 0 aliphatic rings. The first-order valence-electron chi connectivity index (χ1n) is 10.3. The maximum atomic E-state index is 12.5. The van der Waals surface area contributed by atoms with Crippen molar-refractivity contribution in [2.75, 3.05) is 0 Å². The van der Waals surface area contributed by atoms with E-state index in [0.29, 0.717) is 0 Å². The third-order valence-electron chi connectivity index (χ3n) is 5.15. The molecular formula is C26H30O2S. The van der Waals surface area contributed by atoms with E-state index in [9.17, 15) is 4.79 Å². The second-order valence-corrected chi connectivity index (χ2v) is 9.69. The van der Waals surface area contributed by atoms with Crippen LogP contribution in [0, 0.1) is 0 Å². The molecule has 0 aliphatic heterocycles. The van der Waals surface area contributed by atoms with Gasteiger partial charge in [0.2, 0.25) is 0 Å². The van der Waals surface area contributed by atoms with Crippen LogP contribution in [0.2, 0.25) is 0 Å². The Morgan fingerprint density at radius 1 is 0.759 bits per heavy atom. The third kappa shape index (κ3) is 4.11. The van der Waals surface area contributed by atoms with Gasteiger partial charge >= 0.3 is 5.97 Å². The monoisotopic (exact) mass is 406 g/mol. The van der Waals surface area contributed by atoms with Gasteiger partial charge in [0.1, 0.15) is 0 Å². The molecule has 0 radical (unpaired) electrons. The molecule has 0 saturated carbocycles. The molecule has 0 aromatic heterocycles. The normalized spacial score (nSPS) is 11.9. The molecule has 152 valence electrons. The molecule has 0 amide bonds. The van der Waals surface area contributed by atoms with Gasteiger partial charge in [0.15, 0.2) is 0 Å². The lowest BCUT2D eigenvalue weighted by molar-refractivity contribution is -0.131. The Labute approximate surface area is 176 Å². The number of carbonyl (C=O) groups is 1. The standard InChI is InChI=1S/C26H30O2S/c1-5-21-18-22(6-2)26(23(7-3)19-21)29(28-20(4)27,24-14-10-8-11-15-24)25-16-12-9-13-17-25/h8-19H,5-7H2,1-4H3. The van der Waals surface area contributed by atoms with E-state index in [1.165, 1.54) is 28.5 Å². The highest BCUT2D eigenvalue weighted by atomic mass is 32.3. The van der Waals surface area contributed by atoms with Crippen LogP contribution in [0.4, 0.5) is 0 Å². The molecule has 0 saturated heterocycles. The highest BCUT2D eigenvalue weighted by Crippen LogP contribution is 2.70. The summed E-state index contributed by atoms with van der Waals surface area (Å²) in [5.74, 6) is -0.253. The van der Waals surface area contributed by atoms with Gasteiger partial charge in [-0.1, -0.05) is 69.3 Å². The largest absolute Gasteiger partial charge is 0.402 e. The lowest BCUT2D eigenvalue weighted by Crippen LogP contribution is -2.15. The van der Waals surface area contributed by atoms with Crippen molar-refractivity contribution in [3.8, 4) is 0 Å². The molecule has 0 bridgehead atoms. The average Bonchev–Trinajstić information content (AvgIpc) is 2.77. The Bertz CT molecular complexity index is 900. The first-order chi connectivity index (χ1) is 14.1. The molecule has 2 nitrogen and oxygen atoms in total. The molecule has 0 N–H and O–H groups in total. The van der Waals surface area contributed by atoms with Crippen LogP contribution in [0.5, 0.6) is 0 Å². The van der Waals surface area contributed by atoms with Crippen molar-refractivity contribution in [2.24, 2.45) is 0 Å². The maximum Gasteiger partial charge on any atom is 0.313 e. The predicted octanol–water partition coefficient (Wildman–Crippen LogP) is 7.13. The lowest BCUT2D eigenvalue weighted by Gasteiger charge is -2.42. The summed E-state index contributed by atoms with van der Waals surface area (Å²) < 4.78 is 6.40. The number of hydrogen-bond acceptors (Lipinski definition) is 2. The van der Waals surface area contributed by atoms with Crippen molar-refractivity contribution < 1.29 is 8.98 Å². The highest BCUT2D eigenvalue weighted by Gasteiger charge is 2.38. The Morgan fingerprint density at radius 3 is 1.55 bits per heavy atom. The summed E-state index contributed by atoms with van der Waals surface area (Å²) in [7, 11) is -2.19. The molecule has 0 spiro atoms. The topological polar surface area (TPSA) is 26.3 Å². The number of hydrogen-bond donors (Lipinski definition) is 0. The average molecular weight is 407 g/mol. The fourth-order valence-corrected chi connectivity index (χ4v) is 7.43. The van der Waals surface area contributed by atoms with E-state index in [2.05, 4.69) is 57.2 Å². The number of aryl methyl sites for hydroxylation is 3. The van der Waals surface area contributed by atoms with Gasteiger partial charge in [0.05, 0.1) is 0 Å². The van der Waals surface area contributed by atoms with E-state index in [0.717, 1.165) is 29.1 Å². The predicted molar refractivity (Wildman–Crippen MR) is 122 cm³/mol. The van der Waals surface area contributed by atoms with E-state index in [-0.39, 0.29) is 5.97 Å². The van der Waals surface area contributed by atoms with Crippen molar-refractivity contribution in [1.82, 2.24) is 0 Å². The molecular weight excluding hydrogens is 376 g/mol. The molecule has 0 atom stereocenters. The zero-order chi connectivity index (χ0) is 20.9. The highest BCUT2D eigenvalue weighted by molar-refractivity contribution is 8.30. The van der Waals surface area contributed by atoms with Crippen LogP contribution in [0.1, 0.15) is 44.4 Å². The first-order valence-corrected chi connectivity index (χ1v) is 11.9. The van der Waals surface area contributed by atoms with Crippen molar-refractivity contribution >= 4 is 16.3 Å². The summed E-state index contributed by atoms with van der Waals surface area (Å²) >= 11 is 0. The molecule has 3 rings (SSSR count). The minimum Gasteiger partial charge on any atom is -0.402 e. The van der Waals surface area contributed by atoms with Crippen LogP contribution in [-0.4, -0.2) is 5.97 Å². The molecule has 3 aromatic rings. The van der Waals surface area contributed by atoms with Crippen LogP contribution >= 0.6 is 10.3 Å². The molecule has 0 heterocycles. The fraction of sp³-hybridized carbons (Fsp3) is 0.269. The van der Waals surface area contributed by atoms with Gasteiger partial charge < -0.3 is 4.18 Å². The van der Waals surface area contributed by atoms with Crippen molar-refractivity contribution in [3.05, 3.63) is 89.5 Å². The zero-order valence-electron chi connectivity index (χ0n) is 17.8. The summed E-state index contributed by atoms with van der Waals surface area (Å²) in [5.41, 5.74) is 3.87. The van der Waals surface area contributed by atoms with Crippen LogP contribution in [0.15, 0.2) is 87.5 Å². The Balaban J connectivity index is 2.48. The molecule has 0 unspecified atom stereocenters. The second kappa shape index (κ2) is 9.32. The quantitative estimate of drug-likeness (QED) is 0.417. The molecule has 29 heavy (non-hydrogen) atoms. The smallest absolute Gasteiger partial charge is 0.313 e. The van der Waals surface area contributed by atoms with Crippen LogP contribution in [0.3, 0.4) is 0 Å². The molecule has 0 aliphatic carbocycles. The van der Waals surface area contributed by atoms with E-state index < -0.39 is 10.3 Å². The summed E-state index contributed by atoms with van der Waals surface area (Å²) in [4.78, 5) is 15.8. The van der Waals surface area contributed by atoms with Crippen molar-refractivity contribution in [2.45, 2.75) is 61.6 Å². The Kier molecular flexibility index (Phi) is 6.81. The SMILES string of the molecule is CCc1cc(CC)c(S(OC(C)=O)(c2ccccc2)c2ccccc2)c(CC)c1. The summed E-state index contributed by atoms with van der Waals surface area (Å²) in [5, 5.41) is 0. The maximum absolute atomic E-state index is 12.5. The fourth-order valence-electron chi connectivity index (χ4n) is 3.84. The van der Waals surface area contributed by atoms with Gasteiger partial charge in [-0.05, 0) is 70.5 Å². The van der Waals surface area contributed by atoms with Crippen LogP contribution < -0.4 is 0 Å². The third-order valence-corrected chi connectivity index (χ3v) is 8.61. The van der Waals surface area contributed by atoms with E-state index in [1.807, 2.05) is 36.4 Å². The molecule has 0 fully saturated rings. The van der Waals surface area contributed by atoms with E-state index >= 15 is 0 Å². The number of benzene rings is 3. The summed E-state index contributed by atoms with van der Waals surface area (Å²) in [6.07, 6.45) is 2.78. The van der Waals surface area contributed by atoms with Crippen molar-refractivity contribution in [1.29, 1.82) is 0 Å².